The molecule has 3 nitrogen and oxygen atoms in total. The Labute approximate surface area is 103 Å². The lowest BCUT2D eigenvalue weighted by Gasteiger charge is -2.42. The van der Waals surface area contributed by atoms with Gasteiger partial charge in [-0.2, -0.15) is 11.8 Å². The van der Waals surface area contributed by atoms with Gasteiger partial charge >= 0.3 is 0 Å². The van der Waals surface area contributed by atoms with Crippen molar-refractivity contribution in [3.63, 3.8) is 0 Å². The zero-order valence-corrected chi connectivity index (χ0v) is 11.0. The summed E-state index contributed by atoms with van der Waals surface area (Å²) in [5.41, 5.74) is 5.94. The molecular formula is C12H24N2OS. The first-order valence-electron chi connectivity index (χ1n) is 6.43. The summed E-state index contributed by atoms with van der Waals surface area (Å²) in [6.07, 6.45) is 7.77. The van der Waals surface area contributed by atoms with E-state index in [0.29, 0.717) is 18.2 Å². The second-order valence-electron chi connectivity index (χ2n) is 4.82. The van der Waals surface area contributed by atoms with E-state index < -0.39 is 0 Å². The van der Waals surface area contributed by atoms with Crippen molar-refractivity contribution in [2.45, 2.75) is 43.9 Å². The lowest BCUT2D eigenvalue weighted by Crippen LogP contribution is -2.55. The van der Waals surface area contributed by atoms with Crippen LogP contribution in [0.4, 0.5) is 0 Å². The highest BCUT2D eigenvalue weighted by Crippen LogP contribution is 2.31. The molecule has 0 aromatic heterocycles. The normalized spacial score (nSPS) is 32.6. The number of thioether (sulfide) groups is 1. The maximum atomic E-state index is 5.94. The predicted octanol–water partition coefficient (Wildman–Crippen LogP) is 1.32. The Bertz CT molecular complexity index is 215. The van der Waals surface area contributed by atoms with Gasteiger partial charge in [0.1, 0.15) is 0 Å². The molecule has 0 bridgehead atoms. The van der Waals surface area contributed by atoms with Crippen LogP contribution in [0.3, 0.4) is 0 Å². The van der Waals surface area contributed by atoms with Crippen molar-refractivity contribution in [2.75, 3.05) is 31.7 Å². The average Bonchev–Trinajstić information content (AvgIpc) is 2.78. The molecule has 0 spiro atoms. The number of morpholine rings is 1. The van der Waals surface area contributed by atoms with E-state index in [2.05, 4.69) is 11.2 Å². The number of hydrogen-bond acceptors (Lipinski definition) is 4. The minimum atomic E-state index is 0.497. The minimum absolute atomic E-state index is 0.497. The Morgan fingerprint density at radius 3 is 3.12 bits per heavy atom. The van der Waals surface area contributed by atoms with Crippen LogP contribution < -0.4 is 5.73 Å². The largest absolute Gasteiger partial charge is 0.375 e. The van der Waals surface area contributed by atoms with Crippen LogP contribution in [-0.2, 0) is 4.74 Å². The number of fused-ring (bicyclic) bond motifs is 1. The van der Waals surface area contributed by atoms with Gasteiger partial charge in [-0.05, 0) is 37.7 Å². The summed E-state index contributed by atoms with van der Waals surface area (Å²) in [5.74, 6) is 1.22. The quantitative estimate of drug-likeness (QED) is 0.791. The fourth-order valence-corrected chi connectivity index (χ4v) is 3.59. The number of hydrogen-bond donors (Lipinski definition) is 1. The molecule has 1 saturated carbocycles. The molecule has 16 heavy (non-hydrogen) atoms. The van der Waals surface area contributed by atoms with E-state index in [0.717, 1.165) is 19.7 Å². The third-order valence-corrected chi connectivity index (χ3v) is 4.57. The summed E-state index contributed by atoms with van der Waals surface area (Å²) in [4.78, 5) is 2.64. The van der Waals surface area contributed by atoms with Crippen LogP contribution in [0.2, 0.25) is 0 Å². The van der Waals surface area contributed by atoms with Gasteiger partial charge in [0, 0.05) is 25.2 Å². The Morgan fingerprint density at radius 1 is 1.50 bits per heavy atom. The number of nitrogens with zero attached hydrogens (tertiary/aromatic N) is 1. The Morgan fingerprint density at radius 2 is 2.38 bits per heavy atom. The number of rotatable bonds is 5. The van der Waals surface area contributed by atoms with E-state index in [4.69, 9.17) is 10.5 Å². The smallest absolute Gasteiger partial charge is 0.0731 e. The summed E-state index contributed by atoms with van der Waals surface area (Å²) in [7, 11) is 0. The van der Waals surface area contributed by atoms with Crippen molar-refractivity contribution in [3.8, 4) is 0 Å². The van der Waals surface area contributed by atoms with Gasteiger partial charge in [-0.15, -0.1) is 0 Å². The van der Waals surface area contributed by atoms with Crippen molar-refractivity contribution in [3.05, 3.63) is 0 Å². The Balaban J connectivity index is 1.94. The molecule has 2 fully saturated rings. The molecular weight excluding hydrogens is 220 g/mol. The second-order valence-corrected chi connectivity index (χ2v) is 5.80. The van der Waals surface area contributed by atoms with Crippen molar-refractivity contribution in [2.24, 2.45) is 5.73 Å². The summed E-state index contributed by atoms with van der Waals surface area (Å²) >= 11 is 1.92. The van der Waals surface area contributed by atoms with Gasteiger partial charge in [-0.3, -0.25) is 4.90 Å². The molecule has 1 aliphatic heterocycles. The lowest BCUT2D eigenvalue weighted by atomic mass is 10.1. The zero-order chi connectivity index (χ0) is 11.4. The highest BCUT2D eigenvalue weighted by Gasteiger charge is 2.38. The van der Waals surface area contributed by atoms with Crippen molar-refractivity contribution in [1.82, 2.24) is 4.90 Å². The molecule has 3 unspecified atom stereocenters. The second kappa shape index (κ2) is 6.24. The van der Waals surface area contributed by atoms with Crippen molar-refractivity contribution < 1.29 is 4.74 Å². The standard InChI is InChI=1S/C12H24N2OS/c1-16-8-5-10(9-13)14-6-7-15-12-4-2-3-11(12)14/h10-12H,2-9,13H2,1H3. The molecule has 1 heterocycles. The topological polar surface area (TPSA) is 38.5 Å². The van der Waals surface area contributed by atoms with E-state index in [9.17, 15) is 0 Å². The van der Waals surface area contributed by atoms with Crippen LogP contribution in [0, 0.1) is 0 Å². The molecule has 94 valence electrons. The molecule has 0 aromatic rings. The highest BCUT2D eigenvalue weighted by molar-refractivity contribution is 7.98. The molecule has 4 heteroatoms. The van der Waals surface area contributed by atoms with E-state index in [1.54, 1.807) is 0 Å². The van der Waals surface area contributed by atoms with Crippen LogP contribution in [0.5, 0.6) is 0 Å². The Kier molecular flexibility index (Phi) is 4.95. The summed E-state index contributed by atoms with van der Waals surface area (Å²) in [6, 6.07) is 1.23. The zero-order valence-electron chi connectivity index (χ0n) is 10.2. The molecule has 2 aliphatic rings. The number of ether oxygens (including phenoxy) is 1. The fourth-order valence-electron chi connectivity index (χ4n) is 3.08. The van der Waals surface area contributed by atoms with Gasteiger partial charge in [0.15, 0.2) is 0 Å². The Hall–Kier alpha value is 0.230. The van der Waals surface area contributed by atoms with Crippen molar-refractivity contribution in [1.29, 1.82) is 0 Å². The summed E-state index contributed by atoms with van der Waals surface area (Å²) in [5, 5.41) is 0. The van der Waals surface area contributed by atoms with E-state index in [-0.39, 0.29) is 0 Å². The molecule has 3 atom stereocenters. The van der Waals surface area contributed by atoms with E-state index in [1.807, 2.05) is 11.8 Å². The molecule has 1 saturated heterocycles. The molecule has 2 rings (SSSR count). The number of nitrogens with two attached hydrogens (primary N) is 1. The monoisotopic (exact) mass is 244 g/mol. The summed E-state index contributed by atoms with van der Waals surface area (Å²) < 4.78 is 5.84. The van der Waals surface area contributed by atoms with Gasteiger partial charge in [-0.25, -0.2) is 0 Å². The SMILES string of the molecule is CSCCC(CN)N1CCOC2CCCC21. The van der Waals surface area contributed by atoms with E-state index in [1.165, 1.54) is 31.4 Å². The van der Waals surface area contributed by atoms with Crippen LogP contribution in [-0.4, -0.2) is 54.8 Å². The highest BCUT2D eigenvalue weighted by atomic mass is 32.2. The van der Waals surface area contributed by atoms with E-state index >= 15 is 0 Å². The van der Waals surface area contributed by atoms with Crippen molar-refractivity contribution >= 4 is 11.8 Å². The predicted molar refractivity (Wildman–Crippen MR) is 69.9 cm³/mol. The van der Waals surface area contributed by atoms with Crippen LogP contribution in [0.15, 0.2) is 0 Å². The first-order valence-corrected chi connectivity index (χ1v) is 7.82. The maximum absolute atomic E-state index is 5.94. The molecule has 0 amide bonds. The van der Waals surface area contributed by atoms with Gasteiger partial charge in [-0.1, -0.05) is 0 Å². The van der Waals surface area contributed by atoms with Gasteiger partial charge in [0.05, 0.1) is 12.7 Å². The maximum Gasteiger partial charge on any atom is 0.0731 e. The van der Waals surface area contributed by atoms with Gasteiger partial charge in [0.25, 0.3) is 0 Å². The van der Waals surface area contributed by atoms with Crippen LogP contribution in [0.25, 0.3) is 0 Å². The summed E-state index contributed by atoms with van der Waals surface area (Å²) in [6.45, 7) is 2.78. The lowest BCUT2D eigenvalue weighted by molar-refractivity contribution is -0.0706. The van der Waals surface area contributed by atoms with Gasteiger partial charge in [0.2, 0.25) is 0 Å². The third-order valence-electron chi connectivity index (χ3n) is 3.92. The van der Waals surface area contributed by atoms with Gasteiger partial charge < -0.3 is 10.5 Å². The van der Waals surface area contributed by atoms with Crippen LogP contribution in [0.1, 0.15) is 25.7 Å². The van der Waals surface area contributed by atoms with Crippen LogP contribution >= 0.6 is 11.8 Å². The molecule has 0 aromatic carbocycles. The molecule has 1 aliphatic carbocycles. The first-order chi connectivity index (χ1) is 7.86. The first kappa shape index (κ1) is 12.7. The third kappa shape index (κ3) is 2.73. The fraction of sp³-hybridized carbons (Fsp3) is 1.00. The molecule has 0 radical (unpaired) electrons. The molecule has 2 N–H and O–H groups in total. The average molecular weight is 244 g/mol. The minimum Gasteiger partial charge on any atom is -0.375 e.